The number of rotatable bonds is 7. The summed E-state index contributed by atoms with van der Waals surface area (Å²) < 4.78 is 0. The van der Waals surface area contributed by atoms with E-state index in [-0.39, 0.29) is 24.5 Å². The lowest BCUT2D eigenvalue weighted by atomic mass is 9.93. The molecule has 0 aliphatic heterocycles. The number of carbonyl (C=O) groups excluding carboxylic acids is 1. The van der Waals surface area contributed by atoms with E-state index in [1.807, 2.05) is 34.9 Å². The summed E-state index contributed by atoms with van der Waals surface area (Å²) in [5, 5.41) is 15.6. The fraction of sp³-hybridized carbons (Fsp3) is 0.923. The maximum absolute atomic E-state index is 11.6. The van der Waals surface area contributed by atoms with Crippen molar-refractivity contribution in [2.24, 2.45) is 5.92 Å². The van der Waals surface area contributed by atoms with Crippen LogP contribution in [0.2, 0.25) is 0 Å². The van der Waals surface area contributed by atoms with Gasteiger partial charge in [-0.15, -0.1) is 0 Å². The molecule has 0 spiro atoms. The van der Waals surface area contributed by atoms with Gasteiger partial charge in [0.2, 0.25) is 0 Å². The molecule has 0 aliphatic carbocycles. The summed E-state index contributed by atoms with van der Waals surface area (Å²) in [6.07, 6.45) is 0.904. The van der Waals surface area contributed by atoms with Crippen molar-refractivity contribution in [3.05, 3.63) is 0 Å². The van der Waals surface area contributed by atoms with Crippen LogP contribution in [0.15, 0.2) is 0 Å². The minimum atomic E-state index is -0.871. The molecule has 2 atom stereocenters. The van der Waals surface area contributed by atoms with E-state index in [2.05, 4.69) is 15.5 Å². The number of carbonyl (C=O) groups is 1. The van der Waals surface area contributed by atoms with Crippen molar-refractivity contribution in [1.82, 2.24) is 15.5 Å². The molecule has 0 aromatic rings. The van der Waals surface area contributed by atoms with Gasteiger partial charge in [0.05, 0.1) is 5.60 Å². The average molecular weight is 259 g/mol. The number of urea groups is 1. The largest absolute Gasteiger partial charge is 0.388 e. The second-order valence-corrected chi connectivity index (χ2v) is 5.83. The summed E-state index contributed by atoms with van der Waals surface area (Å²) in [7, 11) is 4.01. The quantitative estimate of drug-likeness (QED) is 0.640. The summed E-state index contributed by atoms with van der Waals surface area (Å²) in [6.45, 7) is 8.76. The zero-order chi connectivity index (χ0) is 14.3. The first-order valence-electron chi connectivity index (χ1n) is 6.56. The fourth-order valence-corrected chi connectivity index (χ4v) is 1.26. The van der Waals surface area contributed by atoms with Crippen LogP contribution in [-0.4, -0.2) is 54.9 Å². The predicted octanol–water partition coefficient (Wildman–Crippen LogP) is 1.03. The maximum atomic E-state index is 11.6. The van der Waals surface area contributed by atoms with Crippen LogP contribution in [0.25, 0.3) is 0 Å². The van der Waals surface area contributed by atoms with Crippen molar-refractivity contribution in [3.8, 4) is 0 Å². The van der Waals surface area contributed by atoms with Crippen molar-refractivity contribution in [1.29, 1.82) is 0 Å². The van der Waals surface area contributed by atoms with E-state index in [1.54, 1.807) is 6.92 Å². The zero-order valence-corrected chi connectivity index (χ0v) is 12.6. The predicted molar refractivity (Wildman–Crippen MR) is 74.6 cm³/mol. The Hall–Kier alpha value is -0.810. The van der Waals surface area contributed by atoms with Crippen LogP contribution in [0.5, 0.6) is 0 Å². The van der Waals surface area contributed by atoms with E-state index in [0.29, 0.717) is 0 Å². The van der Waals surface area contributed by atoms with Crippen LogP contribution in [0, 0.1) is 5.92 Å². The van der Waals surface area contributed by atoms with Gasteiger partial charge < -0.3 is 20.6 Å². The molecule has 0 rings (SSSR count). The first-order valence-corrected chi connectivity index (χ1v) is 6.56. The van der Waals surface area contributed by atoms with E-state index in [9.17, 15) is 9.90 Å². The Morgan fingerprint density at radius 1 is 1.33 bits per heavy atom. The summed E-state index contributed by atoms with van der Waals surface area (Å²) in [6, 6.07) is -0.0985. The van der Waals surface area contributed by atoms with E-state index >= 15 is 0 Å². The van der Waals surface area contributed by atoms with Gasteiger partial charge in [-0.1, -0.05) is 13.8 Å². The topological polar surface area (TPSA) is 64.6 Å². The van der Waals surface area contributed by atoms with Gasteiger partial charge in [-0.3, -0.25) is 0 Å². The zero-order valence-electron chi connectivity index (χ0n) is 12.6. The molecule has 0 saturated carbocycles. The summed E-state index contributed by atoms with van der Waals surface area (Å²) in [4.78, 5) is 13.7. The van der Waals surface area contributed by atoms with Gasteiger partial charge in [-0.25, -0.2) is 4.79 Å². The minimum Gasteiger partial charge on any atom is -0.388 e. The standard InChI is InChI=1S/C13H29N3O2/c1-10(2)13(4,18)9-14-12(17)15-11(3)7-8-16(5)6/h10-11,18H,7-9H2,1-6H3,(H2,14,15,17). The van der Waals surface area contributed by atoms with Gasteiger partial charge in [0.25, 0.3) is 0 Å². The number of hydrogen-bond acceptors (Lipinski definition) is 3. The van der Waals surface area contributed by atoms with Crippen molar-refractivity contribution < 1.29 is 9.90 Å². The lowest BCUT2D eigenvalue weighted by molar-refractivity contribution is 0.0165. The third-order valence-electron chi connectivity index (χ3n) is 3.24. The van der Waals surface area contributed by atoms with Crippen molar-refractivity contribution in [2.75, 3.05) is 27.2 Å². The molecule has 0 radical (unpaired) electrons. The summed E-state index contributed by atoms with van der Waals surface area (Å²) >= 11 is 0. The molecular formula is C13H29N3O2. The smallest absolute Gasteiger partial charge is 0.315 e. The molecule has 0 aromatic heterocycles. The Bertz CT molecular complexity index is 253. The lowest BCUT2D eigenvalue weighted by Crippen LogP contribution is -2.49. The number of hydrogen-bond donors (Lipinski definition) is 3. The Morgan fingerprint density at radius 3 is 2.33 bits per heavy atom. The molecule has 0 aliphatic rings. The fourth-order valence-electron chi connectivity index (χ4n) is 1.26. The molecule has 0 bridgehead atoms. The molecule has 0 fully saturated rings. The van der Waals surface area contributed by atoms with Gasteiger partial charge in [-0.05, 0) is 46.8 Å². The van der Waals surface area contributed by atoms with Crippen LogP contribution >= 0.6 is 0 Å². The monoisotopic (exact) mass is 259 g/mol. The molecule has 0 saturated heterocycles. The Balaban J connectivity index is 3.91. The second-order valence-electron chi connectivity index (χ2n) is 5.83. The van der Waals surface area contributed by atoms with Gasteiger partial charge in [0.15, 0.2) is 0 Å². The average Bonchev–Trinajstić information content (AvgIpc) is 2.23. The number of nitrogens with one attached hydrogen (secondary N) is 2. The molecule has 18 heavy (non-hydrogen) atoms. The first kappa shape index (κ1) is 17.2. The minimum absolute atomic E-state index is 0.101. The first-order chi connectivity index (χ1) is 8.15. The molecule has 108 valence electrons. The highest BCUT2D eigenvalue weighted by Gasteiger charge is 2.25. The van der Waals surface area contributed by atoms with Gasteiger partial charge in [-0.2, -0.15) is 0 Å². The van der Waals surface area contributed by atoms with E-state index in [0.717, 1.165) is 13.0 Å². The molecule has 0 aromatic carbocycles. The summed E-state index contributed by atoms with van der Waals surface area (Å²) in [5.74, 6) is 0.101. The van der Waals surface area contributed by atoms with Crippen molar-refractivity contribution in [3.63, 3.8) is 0 Å². The number of amides is 2. The van der Waals surface area contributed by atoms with Gasteiger partial charge in [0, 0.05) is 12.6 Å². The third-order valence-corrected chi connectivity index (χ3v) is 3.24. The normalized spacial score (nSPS) is 16.5. The third kappa shape index (κ3) is 7.50. The maximum Gasteiger partial charge on any atom is 0.315 e. The molecular weight excluding hydrogens is 230 g/mol. The van der Waals surface area contributed by atoms with Crippen molar-refractivity contribution >= 4 is 6.03 Å². The van der Waals surface area contributed by atoms with E-state index in [1.165, 1.54) is 0 Å². The summed E-state index contributed by atoms with van der Waals surface area (Å²) in [5.41, 5.74) is -0.871. The Labute approximate surface area is 111 Å². The highest BCUT2D eigenvalue weighted by molar-refractivity contribution is 5.74. The second kappa shape index (κ2) is 7.59. The van der Waals surface area contributed by atoms with Crippen LogP contribution in [0.1, 0.15) is 34.1 Å². The lowest BCUT2D eigenvalue weighted by Gasteiger charge is -2.28. The SMILES string of the molecule is CC(CCN(C)C)NC(=O)NCC(C)(O)C(C)C. The molecule has 2 amide bonds. The van der Waals surface area contributed by atoms with Crippen LogP contribution in [0.3, 0.4) is 0 Å². The highest BCUT2D eigenvalue weighted by atomic mass is 16.3. The molecule has 2 unspecified atom stereocenters. The Kier molecular flexibility index (Phi) is 7.25. The van der Waals surface area contributed by atoms with E-state index < -0.39 is 5.60 Å². The van der Waals surface area contributed by atoms with Crippen LogP contribution < -0.4 is 10.6 Å². The van der Waals surface area contributed by atoms with Gasteiger partial charge >= 0.3 is 6.03 Å². The molecule has 3 N–H and O–H groups in total. The van der Waals surface area contributed by atoms with Crippen molar-refractivity contribution in [2.45, 2.75) is 45.8 Å². The van der Waals surface area contributed by atoms with Crippen LogP contribution in [0.4, 0.5) is 4.79 Å². The molecule has 0 heterocycles. The Morgan fingerprint density at radius 2 is 1.89 bits per heavy atom. The van der Waals surface area contributed by atoms with Crippen LogP contribution in [-0.2, 0) is 0 Å². The number of aliphatic hydroxyl groups is 1. The van der Waals surface area contributed by atoms with E-state index in [4.69, 9.17) is 0 Å². The number of nitrogens with zero attached hydrogens (tertiary/aromatic N) is 1. The molecule has 5 nitrogen and oxygen atoms in total. The molecule has 5 heteroatoms. The highest BCUT2D eigenvalue weighted by Crippen LogP contribution is 2.14. The van der Waals surface area contributed by atoms with Gasteiger partial charge in [0.1, 0.15) is 0 Å².